The molecule has 7 heteroatoms. The molecule has 0 unspecified atom stereocenters. The monoisotopic (exact) mass is 366 g/mol. The third-order valence-corrected chi connectivity index (χ3v) is 4.74. The van der Waals surface area contributed by atoms with E-state index in [0.717, 1.165) is 13.1 Å². The van der Waals surface area contributed by atoms with Crippen LogP contribution in [0.5, 0.6) is 0 Å². The van der Waals surface area contributed by atoms with E-state index in [4.69, 9.17) is 0 Å². The number of carbonyl (C=O) groups is 1. The Morgan fingerprint density at radius 3 is 2.70 bits per heavy atom. The third kappa shape index (κ3) is 4.38. The number of nitro groups is 1. The zero-order chi connectivity index (χ0) is 19.2. The molecule has 1 aliphatic rings. The molecular weight excluding hydrogens is 344 g/mol. The van der Waals surface area contributed by atoms with Gasteiger partial charge < -0.3 is 10.6 Å². The second kappa shape index (κ2) is 8.55. The second-order valence-electron chi connectivity index (χ2n) is 6.47. The molecule has 27 heavy (non-hydrogen) atoms. The predicted molar refractivity (Wildman–Crippen MR) is 105 cm³/mol. The molecule has 0 spiro atoms. The van der Waals surface area contributed by atoms with E-state index < -0.39 is 10.8 Å². The number of amides is 1. The quantitative estimate of drug-likeness (QED) is 0.482. The molecule has 2 aromatic carbocycles. The molecule has 2 aromatic rings. The molecule has 1 amide bonds. The van der Waals surface area contributed by atoms with E-state index in [0.29, 0.717) is 17.2 Å². The second-order valence-corrected chi connectivity index (χ2v) is 6.47. The first-order chi connectivity index (χ1) is 13.1. The van der Waals surface area contributed by atoms with E-state index in [1.54, 1.807) is 12.1 Å². The van der Waals surface area contributed by atoms with Gasteiger partial charge in [0.2, 0.25) is 0 Å². The number of piperidine rings is 1. The molecule has 0 aromatic heterocycles. The van der Waals surface area contributed by atoms with Crippen LogP contribution in [0.15, 0.2) is 47.5 Å². The molecule has 3 rings (SSSR count). The molecule has 0 saturated carbocycles. The number of hydrogen-bond donors (Lipinski definition) is 2. The lowest BCUT2D eigenvalue weighted by atomic mass is 9.92. The first kappa shape index (κ1) is 18.7. The Morgan fingerprint density at radius 1 is 1.30 bits per heavy atom. The minimum absolute atomic E-state index is 0.0200. The van der Waals surface area contributed by atoms with Crippen molar-refractivity contribution in [3.63, 3.8) is 0 Å². The summed E-state index contributed by atoms with van der Waals surface area (Å²) in [6.45, 7) is 2.06. The van der Waals surface area contributed by atoms with Crippen molar-refractivity contribution in [3.8, 4) is 0 Å². The number of para-hydroxylation sites is 1. The molecule has 140 valence electrons. The Labute approximate surface area is 157 Å². The highest BCUT2D eigenvalue weighted by atomic mass is 16.6. The van der Waals surface area contributed by atoms with Crippen LogP contribution in [0.2, 0.25) is 0 Å². The molecule has 7 nitrogen and oxygen atoms in total. The number of rotatable bonds is 5. The topological polar surface area (TPSA) is 96.6 Å². The molecule has 0 radical (unpaired) electrons. The molecule has 1 atom stereocenters. The van der Waals surface area contributed by atoms with E-state index in [-0.39, 0.29) is 11.3 Å². The van der Waals surface area contributed by atoms with Gasteiger partial charge in [-0.1, -0.05) is 18.2 Å². The van der Waals surface area contributed by atoms with Crippen molar-refractivity contribution in [2.45, 2.75) is 18.8 Å². The van der Waals surface area contributed by atoms with Gasteiger partial charge in [-0.2, -0.15) is 0 Å². The van der Waals surface area contributed by atoms with Crippen molar-refractivity contribution in [3.05, 3.63) is 69.3 Å². The van der Waals surface area contributed by atoms with Gasteiger partial charge >= 0.3 is 0 Å². The average molecular weight is 366 g/mol. The van der Waals surface area contributed by atoms with Crippen molar-refractivity contribution in [2.24, 2.45) is 4.99 Å². The van der Waals surface area contributed by atoms with Gasteiger partial charge in [-0.05, 0) is 55.1 Å². The summed E-state index contributed by atoms with van der Waals surface area (Å²) >= 11 is 0. The Hall–Kier alpha value is -3.06. The van der Waals surface area contributed by atoms with E-state index in [1.807, 2.05) is 12.1 Å². The number of nitro benzene ring substituents is 1. The van der Waals surface area contributed by atoms with Gasteiger partial charge in [-0.3, -0.25) is 19.9 Å². The number of carbonyl (C=O) groups excluding carboxylic acids is 1. The lowest BCUT2D eigenvalue weighted by molar-refractivity contribution is -0.385. The summed E-state index contributed by atoms with van der Waals surface area (Å²) < 4.78 is 0. The van der Waals surface area contributed by atoms with Crippen LogP contribution in [0.4, 0.5) is 11.4 Å². The summed E-state index contributed by atoms with van der Waals surface area (Å²) in [6, 6.07) is 12.6. The van der Waals surface area contributed by atoms with Crippen LogP contribution < -0.4 is 10.6 Å². The zero-order valence-electron chi connectivity index (χ0n) is 15.1. The average Bonchev–Trinajstić information content (AvgIpc) is 2.72. The van der Waals surface area contributed by atoms with Crippen molar-refractivity contribution in [2.75, 3.05) is 20.1 Å². The fourth-order valence-corrected chi connectivity index (χ4v) is 3.30. The predicted octanol–water partition coefficient (Wildman–Crippen LogP) is 3.17. The maximum absolute atomic E-state index is 11.9. The van der Waals surface area contributed by atoms with Crippen LogP contribution >= 0.6 is 0 Å². The van der Waals surface area contributed by atoms with Crippen LogP contribution in [0.3, 0.4) is 0 Å². The maximum Gasteiger partial charge on any atom is 0.290 e. The smallest absolute Gasteiger partial charge is 0.290 e. The molecular formula is C20H22N4O3. The molecule has 1 fully saturated rings. The minimum Gasteiger partial charge on any atom is -0.355 e. The summed E-state index contributed by atoms with van der Waals surface area (Å²) in [5, 5.41) is 17.3. The van der Waals surface area contributed by atoms with Crippen molar-refractivity contribution in [1.29, 1.82) is 0 Å². The van der Waals surface area contributed by atoms with E-state index >= 15 is 0 Å². The van der Waals surface area contributed by atoms with Crippen LogP contribution in [0.25, 0.3) is 0 Å². The Bertz CT molecular complexity index is 856. The molecule has 1 aliphatic heterocycles. The maximum atomic E-state index is 11.9. The Kier molecular flexibility index (Phi) is 5.93. The number of benzene rings is 2. The fourth-order valence-electron chi connectivity index (χ4n) is 3.30. The highest BCUT2D eigenvalue weighted by Gasteiger charge is 2.22. The molecule has 2 N–H and O–H groups in total. The summed E-state index contributed by atoms with van der Waals surface area (Å²) in [4.78, 5) is 27.1. The highest BCUT2D eigenvalue weighted by Crippen LogP contribution is 2.26. The van der Waals surface area contributed by atoms with Gasteiger partial charge in [0.05, 0.1) is 16.2 Å². The SMILES string of the molecule is CNC(=O)c1cccc(C=Nc2ccc([C@@H]3CCCNC3)cc2)c1[N+](=O)[O-]. The van der Waals surface area contributed by atoms with Gasteiger partial charge in [-0.15, -0.1) is 0 Å². The summed E-state index contributed by atoms with van der Waals surface area (Å²) in [6.07, 6.45) is 3.78. The van der Waals surface area contributed by atoms with Crippen molar-refractivity contribution in [1.82, 2.24) is 10.6 Å². The first-order valence-electron chi connectivity index (χ1n) is 8.94. The van der Waals surface area contributed by atoms with Crippen LogP contribution in [0.1, 0.15) is 40.2 Å². The largest absolute Gasteiger partial charge is 0.355 e. The van der Waals surface area contributed by atoms with Gasteiger partial charge in [-0.25, -0.2) is 0 Å². The summed E-state index contributed by atoms with van der Waals surface area (Å²) in [5.74, 6) is 0.0181. The number of nitrogens with one attached hydrogen (secondary N) is 2. The van der Waals surface area contributed by atoms with Crippen LogP contribution in [0, 0.1) is 10.1 Å². The Balaban J connectivity index is 1.83. The van der Waals surface area contributed by atoms with Gasteiger partial charge in [0.1, 0.15) is 5.56 Å². The van der Waals surface area contributed by atoms with E-state index in [9.17, 15) is 14.9 Å². The summed E-state index contributed by atoms with van der Waals surface area (Å²) in [7, 11) is 1.44. The number of aliphatic imine (C=N–C) groups is 1. The van der Waals surface area contributed by atoms with Crippen LogP contribution in [-0.4, -0.2) is 37.2 Å². The Morgan fingerprint density at radius 2 is 2.07 bits per heavy atom. The minimum atomic E-state index is -0.550. The van der Waals surface area contributed by atoms with Gasteiger partial charge in [0, 0.05) is 19.8 Å². The molecule has 1 saturated heterocycles. The fraction of sp³-hybridized carbons (Fsp3) is 0.300. The van der Waals surface area contributed by atoms with Gasteiger partial charge in [0.15, 0.2) is 0 Å². The normalized spacial score (nSPS) is 17.0. The molecule has 0 bridgehead atoms. The lowest BCUT2D eigenvalue weighted by Gasteiger charge is -2.23. The van der Waals surface area contributed by atoms with Crippen LogP contribution in [-0.2, 0) is 0 Å². The van der Waals surface area contributed by atoms with E-state index in [1.165, 1.54) is 37.7 Å². The number of nitrogens with zero attached hydrogens (tertiary/aromatic N) is 2. The third-order valence-electron chi connectivity index (χ3n) is 4.74. The molecule has 0 aliphatic carbocycles. The molecule has 1 heterocycles. The zero-order valence-corrected chi connectivity index (χ0v) is 15.1. The van der Waals surface area contributed by atoms with Crippen molar-refractivity contribution >= 4 is 23.5 Å². The lowest BCUT2D eigenvalue weighted by Crippen LogP contribution is -2.28. The standard InChI is InChI=1S/C20H22N4O3/c1-21-20(25)18-6-2-4-16(19(18)24(26)27)13-23-17-9-7-14(8-10-17)15-5-3-11-22-12-15/h2,4,6-10,13,15,22H,3,5,11-12H2,1H3,(H,21,25)/t15-/m1/s1. The van der Waals surface area contributed by atoms with E-state index in [2.05, 4.69) is 27.8 Å². The van der Waals surface area contributed by atoms with Gasteiger partial charge in [0.25, 0.3) is 11.6 Å². The van der Waals surface area contributed by atoms with Crippen molar-refractivity contribution < 1.29 is 9.72 Å². The number of hydrogen-bond acceptors (Lipinski definition) is 5. The first-order valence-corrected chi connectivity index (χ1v) is 8.94. The highest BCUT2D eigenvalue weighted by molar-refractivity contribution is 6.02. The summed E-state index contributed by atoms with van der Waals surface area (Å²) in [5.41, 5.74) is 2.05.